The second kappa shape index (κ2) is 6.11. The molecule has 124 valence electrons. The molecule has 1 heterocycles. The molecule has 2 unspecified atom stereocenters. The third kappa shape index (κ3) is 2.48. The summed E-state index contributed by atoms with van der Waals surface area (Å²) in [5.74, 6) is -1.75. The second-order valence-corrected chi connectivity index (χ2v) is 6.43. The van der Waals surface area contributed by atoms with E-state index in [4.69, 9.17) is 0 Å². The lowest BCUT2D eigenvalue weighted by Crippen LogP contribution is -2.59. The van der Waals surface area contributed by atoms with Gasteiger partial charge < -0.3 is 10.0 Å². The van der Waals surface area contributed by atoms with Crippen LogP contribution in [0.15, 0.2) is 54.6 Å². The molecule has 0 aromatic heterocycles. The molecule has 2 aromatic carbocycles. The van der Waals surface area contributed by atoms with Crippen LogP contribution in [0.3, 0.4) is 0 Å². The quantitative estimate of drug-likeness (QED) is 0.939. The van der Waals surface area contributed by atoms with Crippen molar-refractivity contribution in [1.29, 1.82) is 0 Å². The maximum atomic E-state index is 13.0. The molecular formula is C20H21NO3. The summed E-state index contributed by atoms with van der Waals surface area (Å²) in [6.07, 6.45) is 0.499. The summed E-state index contributed by atoms with van der Waals surface area (Å²) in [5.41, 5.74) is 1.32. The molecule has 4 nitrogen and oxygen atoms in total. The fourth-order valence-corrected chi connectivity index (χ4v) is 3.92. The van der Waals surface area contributed by atoms with Crippen molar-refractivity contribution in [3.63, 3.8) is 0 Å². The van der Waals surface area contributed by atoms with Crippen molar-refractivity contribution >= 4 is 11.9 Å². The van der Waals surface area contributed by atoms with Crippen LogP contribution < -0.4 is 0 Å². The highest BCUT2D eigenvalue weighted by Crippen LogP contribution is 2.42. The number of nitrogens with zero attached hydrogens (tertiary/aromatic N) is 1. The molecule has 2 aromatic rings. The first-order valence-corrected chi connectivity index (χ1v) is 8.16. The van der Waals surface area contributed by atoms with Crippen molar-refractivity contribution < 1.29 is 14.7 Å². The van der Waals surface area contributed by atoms with E-state index in [0.717, 1.165) is 5.56 Å². The van der Waals surface area contributed by atoms with Crippen LogP contribution >= 0.6 is 0 Å². The van der Waals surface area contributed by atoms with Crippen LogP contribution in [0.4, 0.5) is 0 Å². The van der Waals surface area contributed by atoms with Crippen molar-refractivity contribution in [1.82, 2.24) is 4.90 Å². The fraction of sp³-hybridized carbons (Fsp3) is 0.300. The van der Waals surface area contributed by atoms with Crippen LogP contribution in [-0.4, -0.2) is 34.0 Å². The van der Waals surface area contributed by atoms with Gasteiger partial charge >= 0.3 is 5.97 Å². The smallest absolute Gasteiger partial charge is 0.313 e. The second-order valence-electron chi connectivity index (χ2n) is 6.43. The van der Waals surface area contributed by atoms with E-state index in [1.165, 1.54) is 0 Å². The molecule has 1 aliphatic heterocycles. The topological polar surface area (TPSA) is 57.6 Å². The van der Waals surface area contributed by atoms with Crippen molar-refractivity contribution in [3.8, 4) is 0 Å². The summed E-state index contributed by atoms with van der Waals surface area (Å²) in [4.78, 5) is 26.8. The Bertz CT molecular complexity index is 771. The van der Waals surface area contributed by atoms with Gasteiger partial charge in [-0.1, -0.05) is 48.5 Å². The molecule has 0 bridgehead atoms. The van der Waals surface area contributed by atoms with E-state index in [-0.39, 0.29) is 5.91 Å². The Morgan fingerprint density at radius 2 is 1.75 bits per heavy atom. The van der Waals surface area contributed by atoms with Gasteiger partial charge in [0.2, 0.25) is 0 Å². The summed E-state index contributed by atoms with van der Waals surface area (Å²) in [5, 5.41) is 9.96. The first-order chi connectivity index (χ1) is 11.5. The zero-order valence-electron chi connectivity index (χ0n) is 13.9. The van der Waals surface area contributed by atoms with Crippen molar-refractivity contribution in [2.24, 2.45) is 0 Å². The molecule has 1 aliphatic rings. The molecule has 24 heavy (non-hydrogen) atoms. The molecular weight excluding hydrogens is 302 g/mol. The number of carbonyl (C=O) groups excluding carboxylic acids is 1. The van der Waals surface area contributed by atoms with Crippen LogP contribution in [0.5, 0.6) is 0 Å². The number of amides is 1. The van der Waals surface area contributed by atoms with E-state index in [1.807, 2.05) is 44.2 Å². The van der Waals surface area contributed by atoms with Gasteiger partial charge in [-0.15, -0.1) is 0 Å². The Hall–Kier alpha value is -2.62. The summed E-state index contributed by atoms with van der Waals surface area (Å²) in [6.45, 7) is 4.25. The lowest BCUT2D eigenvalue weighted by atomic mass is 9.71. The fourth-order valence-electron chi connectivity index (χ4n) is 3.92. The minimum absolute atomic E-state index is 0.0935. The van der Waals surface area contributed by atoms with Gasteiger partial charge in [0.05, 0.1) is 5.54 Å². The van der Waals surface area contributed by atoms with Gasteiger partial charge in [0.1, 0.15) is 5.92 Å². The number of carboxylic acid groups (broad SMARTS) is 1. The predicted molar refractivity (Wildman–Crippen MR) is 92.1 cm³/mol. The first kappa shape index (κ1) is 16.2. The summed E-state index contributed by atoms with van der Waals surface area (Å²) in [7, 11) is 0. The number of hydrogen-bond donors (Lipinski definition) is 1. The Morgan fingerprint density at radius 3 is 2.38 bits per heavy atom. The van der Waals surface area contributed by atoms with Gasteiger partial charge in [0.15, 0.2) is 0 Å². The average molecular weight is 323 g/mol. The van der Waals surface area contributed by atoms with E-state index in [1.54, 1.807) is 29.2 Å². The van der Waals surface area contributed by atoms with Crippen molar-refractivity contribution in [2.75, 3.05) is 6.54 Å². The third-order valence-corrected chi connectivity index (χ3v) is 4.95. The minimum Gasteiger partial charge on any atom is -0.481 e. The van der Waals surface area contributed by atoms with Crippen molar-refractivity contribution in [2.45, 2.75) is 31.7 Å². The predicted octanol–water partition coefficient (Wildman–Crippen LogP) is 3.33. The van der Waals surface area contributed by atoms with Crippen molar-refractivity contribution in [3.05, 3.63) is 71.3 Å². The Kier molecular flexibility index (Phi) is 4.14. The molecule has 0 saturated heterocycles. The third-order valence-electron chi connectivity index (χ3n) is 4.95. The maximum absolute atomic E-state index is 13.0. The molecule has 2 atom stereocenters. The average Bonchev–Trinajstić information content (AvgIpc) is 2.55. The number of carboxylic acids is 1. The Morgan fingerprint density at radius 1 is 1.12 bits per heavy atom. The molecule has 4 heteroatoms. The molecule has 0 radical (unpaired) electrons. The number of carbonyl (C=O) groups is 2. The Balaban J connectivity index is 2.17. The number of fused-ring (bicyclic) bond motifs is 1. The SMILES string of the molecule is CCN1C(=O)c2ccccc2C(C(=O)O)C1(C)Cc1ccccc1. The number of benzene rings is 2. The van der Waals surface area contributed by atoms with Gasteiger partial charge in [-0.25, -0.2) is 0 Å². The Labute approximate surface area is 141 Å². The minimum atomic E-state index is -0.896. The van der Waals surface area contributed by atoms with Gasteiger partial charge in [0.25, 0.3) is 5.91 Å². The van der Waals surface area contributed by atoms with E-state index < -0.39 is 17.4 Å². The van der Waals surface area contributed by atoms with Gasteiger partial charge in [0, 0.05) is 12.1 Å². The van der Waals surface area contributed by atoms with Gasteiger partial charge in [-0.3, -0.25) is 9.59 Å². The van der Waals surface area contributed by atoms with Crippen LogP contribution in [0.2, 0.25) is 0 Å². The molecule has 0 saturated carbocycles. The monoisotopic (exact) mass is 323 g/mol. The largest absolute Gasteiger partial charge is 0.481 e. The highest BCUT2D eigenvalue weighted by molar-refractivity contribution is 6.00. The number of hydrogen-bond acceptors (Lipinski definition) is 2. The van der Waals surface area contributed by atoms with Gasteiger partial charge in [-0.05, 0) is 37.5 Å². The number of rotatable bonds is 4. The number of aliphatic carboxylic acids is 1. The highest BCUT2D eigenvalue weighted by Gasteiger charge is 2.51. The molecule has 0 spiro atoms. The van der Waals surface area contributed by atoms with Crippen LogP contribution in [-0.2, 0) is 11.2 Å². The summed E-state index contributed by atoms with van der Waals surface area (Å²) < 4.78 is 0. The van der Waals surface area contributed by atoms with E-state index in [9.17, 15) is 14.7 Å². The van der Waals surface area contributed by atoms with Crippen LogP contribution in [0, 0.1) is 0 Å². The maximum Gasteiger partial charge on any atom is 0.313 e. The molecule has 3 rings (SSSR count). The van der Waals surface area contributed by atoms with E-state index in [0.29, 0.717) is 24.1 Å². The highest BCUT2D eigenvalue weighted by atomic mass is 16.4. The normalized spacial score (nSPS) is 23.0. The molecule has 1 amide bonds. The van der Waals surface area contributed by atoms with E-state index in [2.05, 4.69) is 0 Å². The molecule has 0 fully saturated rings. The van der Waals surface area contributed by atoms with Gasteiger partial charge in [-0.2, -0.15) is 0 Å². The number of likely N-dealkylation sites (N-methyl/N-ethyl adjacent to an activating group) is 1. The van der Waals surface area contributed by atoms with E-state index >= 15 is 0 Å². The summed E-state index contributed by atoms with van der Waals surface area (Å²) in [6, 6.07) is 16.8. The van der Waals surface area contributed by atoms with Crippen LogP contribution in [0.25, 0.3) is 0 Å². The molecule has 1 N–H and O–H groups in total. The van der Waals surface area contributed by atoms with Crippen LogP contribution in [0.1, 0.15) is 41.3 Å². The first-order valence-electron chi connectivity index (χ1n) is 8.16. The lowest BCUT2D eigenvalue weighted by Gasteiger charge is -2.48. The lowest BCUT2D eigenvalue weighted by molar-refractivity contribution is -0.142. The standard InChI is InChI=1S/C20H21NO3/c1-3-21-18(22)16-12-8-7-11-15(16)17(19(23)24)20(21,2)13-14-9-5-4-6-10-14/h4-12,17H,3,13H2,1-2H3,(H,23,24). The summed E-state index contributed by atoms with van der Waals surface area (Å²) >= 11 is 0. The zero-order chi connectivity index (χ0) is 17.3. The zero-order valence-corrected chi connectivity index (χ0v) is 13.9. The molecule has 0 aliphatic carbocycles.